The highest BCUT2D eigenvalue weighted by Crippen LogP contribution is 2.35. The van der Waals surface area contributed by atoms with Crippen molar-refractivity contribution in [2.45, 2.75) is 6.54 Å². The normalized spacial score (nSPS) is 13.2. The fourth-order valence-electron chi connectivity index (χ4n) is 4.01. The number of primary amides is 1. The smallest absolute Gasteiger partial charge is 0.254 e. The second-order valence-corrected chi connectivity index (χ2v) is 7.29. The Morgan fingerprint density at radius 1 is 1.14 bits per heavy atom. The summed E-state index contributed by atoms with van der Waals surface area (Å²) in [5.41, 5.74) is 10.3. The highest BCUT2D eigenvalue weighted by atomic mass is 16.2. The topological polar surface area (TPSA) is 92.1 Å². The molecule has 0 aliphatic carbocycles. The molecule has 0 bridgehead atoms. The number of fused-ring (bicyclic) bond motifs is 4. The van der Waals surface area contributed by atoms with Crippen LogP contribution in [0.15, 0.2) is 66.9 Å². The van der Waals surface area contributed by atoms with E-state index in [9.17, 15) is 9.59 Å². The number of benzene rings is 3. The van der Waals surface area contributed by atoms with Crippen molar-refractivity contribution < 1.29 is 9.59 Å². The highest BCUT2D eigenvalue weighted by Gasteiger charge is 2.29. The predicted octanol–water partition coefficient (Wildman–Crippen LogP) is 3.38. The van der Waals surface area contributed by atoms with Gasteiger partial charge in [0, 0.05) is 23.1 Å². The van der Waals surface area contributed by atoms with Crippen LogP contribution in [0, 0.1) is 0 Å². The van der Waals surface area contributed by atoms with E-state index in [1.807, 2.05) is 30.5 Å². The van der Waals surface area contributed by atoms with E-state index in [-0.39, 0.29) is 18.0 Å². The van der Waals surface area contributed by atoms with Crippen molar-refractivity contribution in [3.63, 3.8) is 0 Å². The minimum absolute atomic E-state index is 0.105. The largest absolute Gasteiger partial charge is 0.366 e. The molecule has 4 aromatic rings. The van der Waals surface area contributed by atoms with E-state index in [1.54, 1.807) is 4.90 Å². The first-order valence-electron chi connectivity index (χ1n) is 9.28. The van der Waals surface area contributed by atoms with Crippen LogP contribution in [0.25, 0.3) is 32.8 Å². The molecule has 6 heteroatoms. The van der Waals surface area contributed by atoms with Gasteiger partial charge in [-0.25, -0.2) is 0 Å². The molecule has 29 heavy (non-hydrogen) atoms. The number of aromatic nitrogens is 2. The maximum atomic E-state index is 12.8. The molecule has 3 aromatic carbocycles. The zero-order chi connectivity index (χ0) is 20.1. The van der Waals surface area contributed by atoms with E-state index in [4.69, 9.17) is 5.73 Å². The van der Waals surface area contributed by atoms with Crippen molar-refractivity contribution in [3.8, 4) is 11.1 Å². The molecule has 0 fully saturated rings. The number of nitrogens with zero attached hydrogens (tertiary/aromatic N) is 2. The van der Waals surface area contributed by atoms with E-state index in [0.29, 0.717) is 12.1 Å². The average molecular weight is 382 g/mol. The van der Waals surface area contributed by atoms with Gasteiger partial charge in [0.15, 0.2) is 0 Å². The summed E-state index contributed by atoms with van der Waals surface area (Å²) >= 11 is 0. The molecule has 6 nitrogen and oxygen atoms in total. The number of amides is 2. The van der Waals surface area contributed by atoms with Gasteiger partial charge in [-0.1, -0.05) is 36.9 Å². The van der Waals surface area contributed by atoms with Crippen molar-refractivity contribution in [1.29, 1.82) is 0 Å². The van der Waals surface area contributed by atoms with Crippen LogP contribution in [0.1, 0.15) is 15.9 Å². The lowest BCUT2D eigenvalue weighted by Crippen LogP contribution is -2.30. The fourth-order valence-corrected chi connectivity index (χ4v) is 4.01. The molecule has 2 heterocycles. The lowest BCUT2D eigenvalue weighted by atomic mass is 9.95. The Morgan fingerprint density at radius 2 is 1.97 bits per heavy atom. The van der Waals surface area contributed by atoms with Crippen LogP contribution in [0.4, 0.5) is 0 Å². The van der Waals surface area contributed by atoms with Crippen LogP contribution >= 0.6 is 0 Å². The van der Waals surface area contributed by atoms with Crippen LogP contribution in [0.3, 0.4) is 0 Å². The number of rotatable bonds is 4. The molecule has 0 saturated heterocycles. The second-order valence-electron chi connectivity index (χ2n) is 7.29. The minimum Gasteiger partial charge on any atom is -0.366 e. The number of carbonyl (C=O) groups is 2. The quantitative estimate of drug-likeness (QED) is 0.530. The van der Waals surface area contributed by atoms with E-state index in [2.05, 4.69) is 41.0 Å². The molecule has 0 radical (unpaired) electrons. The standard InChI is InChI=1S/C23H18N4O2/c1-13(22(24)28)11-27-12-20-17(23(27)29)8-7-14-5-6-15(9-18(14)20)16-3-2-4-21-19(16)10-25-26-21/h2-10H,1,11-12H2,(H2,24,28)(H,25,26). The number of carbonyl (C=O) groups excluding carboxylic acids is 2. The summed E-state index contributed by atoms with van der Waals surface area (Å²) in [4.78, 5) is 25.8. The second kappa shape index (κ2) is 6.31. The Labute approximate surface area is 166 Å². The van der Waals surface area contributed by atoms with Gasteiger partial charge in [-0.2, -0.15) is 5.10 Å². The van der Waals surface area contributed by atoms with Crippen LogP contribution in [0.5, 0.6) is 0 Å². The third-order valence-corrected chi connectivity index (χ3v) is 5.53. The van der Waals surface area contributed by atoms with Crippen molar-refractivity contribution >= 4 is 33.5 Å². The third kappa shape index (κ3) is 2.69. The van der Waals surface area contributed by atoms with Crippen molar-refractivity contribution in [3.05, 3.63) is 78.0 Å². The number of nitrogens with two attached hydrogens (primary N) is 1. The van der Waals surface area contributed by atoms with Gasteiger partial charge in [0.25, 0.3) is 5.91 Å². The number of nitrogens with one attached hydrogen (secondary N) is 1. The maximum Gasteiger partial charge on any atom is 0.254 e. The molecule has 1 aliphatic rings. The number of H-pyrrole nitrogens is 1. The van der Waals surface area contributed by atoms with Gasteiger partial charge in [0.2, 0.25) is 5.91 Å². The lowest BCUT2D eigenvalue weighted by molar-refractivity contribution is -0.114. The summed E-state index contributed by atoms with van der Waals surface area (Å²) in [6.45, 7) is 4.24. The molecular weight excluding hydrogens is 364 g/mol. The van der Waals surface area contributed by atoms with Crippen molar-refractivity contribution in [2.75, 3.05) is 6.54 Å². The molecule has 3 N–H and O–H groups in total. The van der Waals surface area contributed by atoms with E-state index >= 15 is 0 Å². The molecule has 0 unspecified atom stereocenters. The van der Waals surface area contributed by atoms with Gasteiger partial charge in [-0.15, -0.1) is 0 Å². The fraction of sp³-hybridized carbons (Fsp3) is 0.0870. The van der Waals surface area contributed by atoms with Gasteiger partial charge in [0.05, 0.1) is 18.3 Å². The molecule has 142 valence electrons. The van der Waals surface area contributed by atoms with E-state index in [0.717, 1.165) is 38.4 Å². The Kier molecular flexibility index (Phi) is 3.74. The Balaban J connectivity index is 1.62. The third-order valence-electron chi connectivity index (χ3n) is 5.53. The summed E-state index contributed by atoms with van der Waals surface area (Å²) in [5, 5.41) is 10.3. The molecule has 5 rings (SSSR count). The summed E-state index contributed by atoms with van der Waals surface area (Å²) in [6.07, 6.45) is 1.82. The first kappa shape index (κ1) is 17.2. The summed E-state index contributed by atoms with van der Waals surface area (Å²) < 4.78 is 0. The van der Waals surface area contributed by atoms with Crippen molar-refractivity contribution in [1.82, 2.24) is 15.1 Å². The lowest BCUT2D eigenvalue weighted by Gasteiger charge is -2.15. The van der Waals surface area contributed by atoms with Crippen LogP contribution in [-0.2, 0) is 11.3 Å². The van der Waals surface area contributed by atoms with E-state index in [1.165, 1.54) is 0 Å². The van der Waals surface area contributed by atoms with Crippen LogP contribution in [0.2, 0.25) is 0 Å². The molecule has 0 spiro atoms. The zero-order valence-electron chi connectivity index (χ0n) is 15.6. The Hall–Kier alpha value is -3.93. The molecule has 1 aliphatic heterocycles. The molecule has 0 atom stereocenters. The Bertz CT molecular complexity index is 1340. The average Bonchev–Trinajstić information content (AvgIpc) is 3.32. The highest BCUT2D eigenvalue weighted by molar-refractivity contribution is 6.06. The van der Waals surface area contributed by atoms with Crippen molar-refractivity contribution in [2.24, 2.45) is 5.73 Å². The molecular formula is C23H18N4O2. The number of aromatic amines is 1. The van der Waals surface area contributed by atoms with Gasteiger partial charge in [-0.05, 0) is 45.7 Å². The summed E-state index contributed by atoms with van der Waals surface area (Å²) in [6, 6.07) is 16.1. The van der Waals surface area contributed by atoms with E-state index < -0.39 is 5.91 Å². The number of hydrogen-bond donors (Lipinski definition) is 2. The molecule has 1 aromatic heterocycles. The minimum atomic E-state index is -0.589. The zero-order valence-corrected chi connectivity index (χ0v) is 15.6. The maximum absolute atomic E-state index is 12.8. The molecule has 2 amide bonds. The monoisotopic (exact) mass is 382 g/mol. The SMILES string of the molecule is C=C(CN1Cc2c(ccc3ccc(-c4cccc5[nH]ncc45)cc23)C1=O)C(N)=O. The molecule has 0 saturated carbocycles. The van der Waals surface area contributed by atoms with Crippen LogP contribution < -0.4 is 5.73 Å². The predicted molar refractivity (Wildman–Crippen MR) is 112 cm³/mol. The summed E-state index contributed by atoms with van der Waals surface area (Å²) in [5.74, 6) is -0.694. The first-order valence-corrected chi connectivity index (χ1v) is 9.28. The Morgan fingerprint density at radius 3 is 2.79 bits per heavy atom. The summed E-state index contributed by atoms with van der Waals surface area (Å²) in [7, 11) is 0. The van der Waals surface area contributed by atoms with Gasteiger partial charge < -0.3 is 10.6 Å². The van der Waals surface area contributed by atoms with Gasteiger partial charge in [0.1, 0.15) is 0 Å². The van der Waals surface area contributed by atoms with Gasteiger partial charge >= 0.3 is 0 Å². The van der Waals surface area contributed by atoms with Crippen LogP contribution in [-0.4, -0.2) is 33.5 Å². The first-order chi connectivity index (χ1) is 14.0. The number of hydrogen-bond acceptors (Lipinski definition) is 3. The van der Waals surface area contributed by atoms with Gasteiger partial charge in [-0.3, -0.25) is 14.7 Å².